The summed E-state index contributed by atoms with van der Waals surface area (Å²) in [5, 5.41) is 9.77. The summed E-state index contributed by atoms with van der Waals surface area (Å²) in [4.78, 5) is 18.5. The van der Waals surface area contributed by atoms with E-state index in [2.05, 4.69) is 30.7 Å². The first-order valence-electron chi connectivity index (χ1n) is 7.29. The first kappa shape index (κ1) is 16.6. The number of H-pyrrole nitrogens is 1. The number of primary amides is 1. The number of nitriles is 1. The molecule has 0 aliphatic carbocycles. The highest BCUT2D eigenvalue weighted by molar-refractivity contribution is 5.96. The molecule has 3 N–H and O–H groups in total. The summed E-state index contributed by atoms with van der Waals surface area (Å²) in [5.74, 6) is -0.0349. The fourth-order valence-corrected chi connectivity index (χ4v) is 2.00. The van der Waals surface area contributed by atoms with Crippen molar-refractivity contribution in [1.29, 1.82) is 5.26 Å². The second-order valence-electron chi connectivity index (χ2n) is 6.53. The first-order valence-corrected chi connectivity index (χ1v) is 7.29. The fourth-order valence-electron chi connectivity index (χ4n) is 2.00. The maximum Gasteiger partial charge on any atom is 0.259 e. The minimum Gasteiger partial charge on any atom is -0.491 e. The van der Waals surface area contributed by atoms with E-state index in [4.69, 9.17) is 15.7 Å². The van der Waals surface area contributed by atoms with Gasteiger partial charge in [0.15, 0.2) is 0 Å². The first-order chi connectivity index (χ1) is 10.8. The van der Waals surface area contributed by atoms with Gasteiger partial charge in [0, 0.05) is 11.6 Å². The SMILES string of the molecule is CC(C)(C)COc1cnc2[nH]cc(CC=C(C#N)C(N)=O)c2c1. The second kappa shape index (κ2) is 6.53. The van der Waals surface area contributed by atoms with Crippen molar-refractivity contribution in [2.75, 3.05) is 6.61 Å². The summed E-state index contributed by atoms with van der Waals surface area (Å²) in [6.07, 6.45) is 5.41. The molecule has 2 heterocycles. The number of nitrogens with two attached hydrogens (primary N) is 1. The third-order valence-corrected chi connectivity index (χ3v) is 3.18. The van der Waals surface area contributed by atoms with Gasteiger partial charge in [-0.15, -0.1) is 0 Å². The zero-order valence-corrected chi connectivity index (χ0v) is 13.5. The minimum absolute atomic E-state index is 0.0487. The van der Waals surface area contributed by atoms with Crippen molar-refractivity contribution in [1.82, 2.24) is 9.97 Å². The average molecular weight is 312 g/mol. The third kappa shape index (κ3) is 4.33. The third-order valence-electron chi connectivity index (χ3n) is 3.18. The number of nitrogens with zero attached hydrogens (tertiary/aromatic N) is 2. The smallest absolute Gasteiger partial charge is 0.259 e. The minimum atomic E-state index is -0.723. The maximum absolute atomic E-state index is 11.1. The van der Waals surface area contributed by atoms with Gasteiger partial charge in [-0.1, -0.05) is 26.8 Å². The molecule has 2 aromatic rings. The molecule has 0 aliphatic rings. The number of nitrogens with one attached hydrogen (secondary N) is 1. The van der Waals surface area contributed by atoms with Crippen LogP contribution in [0.5, 0.6) is 5.75 Å². The van der Waals surface area contributed by atoms with Crippen LogP contribution in [0.25, 0.3) is 11.0 Å². The molecule has 0 aromatic carbocycles. The normalized spacial score (nSPS) is 12.2. The highest BCUT2D eigenvalue weighted by Crippen LogP contribution is 2.24. The number of rotatable bonds is 5. The molecule has 2 aromatic heterocycles. The van der Waals surface area contributed by atoms with Crippen LogP contribution in [0.15, 0.2) is 30.1 Å². The molecule has 120 valence electrons. The van der Waals surface area contributed by atoms with Crippen LogP contribution in [0.3, 0.4) is 0 Å². The predicted molar refractivity (Wildman–Crippen MR) is 87.6 cm³/mol. The Morgan fingerprint density at radius 1 is 1.52 bits per heavy atom. The van der Waals surface area contributed by atoms with Crippen LogP contribution in [-0.2, 0) is 11.2 Å². The Hall–Kier alpha value is -2.81. The van der Waals surface area contributed by atoms with Crippen molar-refractivity contribution in [2.24, 2.45) is 11.1 Å². The zero-order valence-electron chi connectivity index (χ0n) is 13.5. The Morgan fingerprint density at radius 3 is 2.87 bits per heavy atom. The number of amides is 1. The Bertz CT molecular complexity index is 791. The monoisotopic (exact) mass is 312 g/mol. The summed E-state index contributed by atoms with van der Waals surface area (Å²) >= 11 is 0. The molecule has 0 radical (unpaired) electrons. The average Bonchev–Trinajstić information content (AvgIpc) is 2.87. The summed E-state index contributed by atoms with van der Waals surface area (Å²) < 4.78 is 5.77. The summed E-state index contributed by atoms with van der Waals surface area (Å²) in [6.45, 7) is 6.87. The van der Waals surface area contributed by atoms with Crippen LogP contribution in [0, 0.1) is 16.7 Å². The lowest BCUT2D eigenvalue weighted by Gasteiger charge is -2.18. The van der Waals surface area contributed by atoms with Gasteiger partial charge >= 0.3 is 0 Å². The van der Waals surface area contributed by atoms with Gasteiger partial charge in [-0.25, -0.2) is 4.98 Å². The quantitative estimate of drug-likeness (QED) is 0.653. The van der Waals surface area contributed by atoms with Gasteiger partial charge in [-0.05, 0) is 23.5 Å². The lowest BCUT2D eigenvalue weighted by Crippen LogP contribution is -2.16. The van der Waals surface area contributed by atoms with Crippen molar-refractivity contribution in [2.45, 2.75) is 27.2 Å². The Balaban J connectivity index is 2.25. The Kier molecular flexibility index (Phi) is 4.70. The van der Waals surface area contributed by atoms with Crippen LogP contribution in [0.4, 0.5) is 0 Å². The lowest BCUT2D eigenvalue weighted by molar-refractivity contribution is -0.114. The van der Waals surface area contributed by atoms with E-state index in [1.807, 2.05) is 6.07 Å². The number of aromatic amines is 1. The van der Waals surface area contributed by atoms with Crippen LogP contribution in [0.1, 0.15) is 26.3 Å². The van der Waals surface area contributed by atoms with Crippen LogP contribution in [-0.4, -0.2) is 22.5 Å². The van der Waals surface area contributed by atoms with Crippen LogP contribution >= 0.6 is 0 Å². The largest absolute Gasteiger partial charge is 0.491 e. The Morgan fingerprint density at radius 2 is 2.26 bits per heavy atom. The number of hydrogen-bond acceptors (Lipinski definition) is 4. The van der Waals surface area contributed by atoms with Crippen molar-refractivity contribution in [3.63, 3.8) is 0 Å². The number of ether oxygens (including phenoxy) is 1. The molecule has 0 atom stereocenters. The molecule has 6 heteroatoms. The van der Waals surface area contributed by atoms with Gasteiger partial charge in [0.2, 0.25) is 0 Å². The van der Waals surface area contributed by atoms with Gasteiger partial charge < -0.3 is 15.5 Å². The molecule has 0 spiro atoms. The molecule has 0 unspecified atom stereocenters. The number of carbonyl (C=O) groups is 1. The molecular weight excluding hydrogens is 292 g/mol. The maximum atomic E-state index is 11.1. The number of hydrogen-bond donors (Lipinski definition) is 2. The van der Waals surface area contributed by atoms with Gasteiger partial charge in [-0.2, -0.15) is 5.26 Å². The van der Waals surface area contributed by atoms with Gasteiger partial charge in [0.05, 0.1) is 12.8 Å². The molecular formula is C17H20N4O2. The van der Waals surface area contributed by atoms with Crippen LogP contribution in [0.2, 0.25) is 0 Å². The number of aromatic nitrogens is 2. The van der Waals surface area contributed by atoms with E-state index >= 15 is 0 Å². The number of carbonyl (C=O) groups excluding carboxylic acids is 1. The molecule has 0 saturated carbocycles. The van der Waals surface area contributed by atoms with E-state index < -0.39 is 5.91 Å². The molecule has 0 fully saturated rings. The molecule has 23 heavy (non-hydrogen) atoms. The summed E-state index contributed by atoms with van der Waals surface area (Å²) in [6, 6.07) is 3.70. The van der Waals surface area contributed by atoms with Gasteiger partial charge in [0.25, 0.3) is 5.91 Å². The summed E-state index contributed by atoms with van der Waals surface area (Å²) in [5.41, 5.74) is 6.79. The molecule has 0 saturated heterocycles. The van der Waals surface area contributed by atoms with E-state index in [0.29, 0.717) is 18.8 Å². The van der Waals surface area contributed by atoms with E-state index in [0.717, 1.165) is 16.6 Å². The molecule has 0 bridgehead atoms. The van der Waals surface area contributed by atoms with Crippen molar-refractivity contribution in [3.8, 4) is 11.8 Å². The van der Waals surface area contributed by atoms with Gasteiger partial charge in [0.1, 0.15) is 23.0 Å². The summed E-state index contributed by atoms with van der Waals surface area (Å²) in [7, 11) is 0. The number of allylic oxidation sites excluding steroid dienone is 1. The Labute approximate surface area is 135 Å². The van der Waals surface area contributed by atoms with E-state index in [-0.39, 0.29) is 11.0 Å². The molecule has 0 aliphatic heterocycles. The molecule has 2 rings (SSSR count). The molecule has 1 amide bonds. The lowest BCUT2D eigenvalue weighted by atomic mass is 9.99. The highest BCUT2D eigenvalue weighted by Gasteiger charge is 2.12. The van der Waals surface area contributed by atoms with E-state index in [1.165, 1.54) is 6.08 Å². The fraction of sp³-hybridized carbons (Fsp3) is 0.353. The number of fused-ring (bicyclic) bond motifs is 1. The van der Waals surface area contributed by atoms with E-state index in [1.54, 1.807) is 18.5 Å². The van der Waals surface area contributed by atoms with Gasteiger partial charge in [-0.3, -0.25) is 4.79 Å². The van der Waals surface area contributed by atoms with Crippen LogP contribution < -0.4 is 10.5 Å². The zero-order chi connectivity index (χ0) is 17.0. The molecule has 6 nitrogen and oxygen atoms in total. The highest BCUT2D eigenvalue weighted by atomic mass is 16.5. The topological polar surface area (TPSA) is 105 Å². The van der Waals surface area contributed by atoms with Crippen molar-refractivity contribution >= 4 is 16.9 Å². The van der Waals surface area contributed by atoms with Crippen molar-refractivity contribution < 1.29 is 9.53 Å². The predicted octanol–water partition coefficient (Wildman–Crippen LogP) is 2.47. The standard InChI is InChI=1S/C17H20N4O2/c1-17(2,3)10-23-13-6-14-12(8-20-16(14)21-9-13)5-4-11(7-18)15(19)22/h4,6,8-9H,5,10H2,1-3H3,(H2,19,22)(H,20,21). The van der Waals surface area contributed by atoms with E-state index in [9.17, 15) is 4.79 Å². The van der Waals surface area contributed by atoms with Crippen molar-refractivity contribution in [3.05, 3.63) is 35.7 Å². The number of pyridine rings is 1. The second-order valence-corrected chi connectivity index (χ2v) is 6.53.